The molecule has 0 aliphatic carbocycles. The summed E-state index contributed by atoms with van der Waals surface area (Å²) in [5.74, 6) is 3.16. The molecule has 0 aliphatic rings. The second-order valence-electron chi connectivity index (χ2n) is 5.16. The molecule has 23 heavy (non-hydrogen) atoms. The van der Waals surface area contributed by atoms with E-state index in [1.807, 2.05) is 31.2 Å². The van der Waals surface area contributed by atoms with Gasteiger partial charge in [0, 0.05) is 18.6 Å². The van der Waals surface area contributed by atoms with Crippen LogP contribution in [0.4, 0.5) is 0 Å². The summed E-state index contributed by atoms with van der Waals surface area (Å²) in [5.41, 5.74) is 2.97. The van der Waals surface area contributed by atoms with E-state index in [2.05, 4.69) is 22.1 Å². The van der Waals surface area contributed by atoms with Gasteiger partial charge in [-0.25, -0.2) is 4.98 Å². The number of hydrogen-bond donors (Lipinski definition) is 1. The number of rotatable bonds is 6. The molecular formula is C18H20N2O3. The van der Waals surface area contributed by atoms with Crippen LogP contribution in [0.15, 0.2) is 36.4 Å². The third-order valence-electron chi connectivity index (χ3n) is 3.64. The van der Waals surface area contributed by atoms with Gasteiger partial charge in [-0.15, -0.1) is 0 Å². The molecule has 0 bridgehead atoms. The molecule has 0 aliphatic heterocycles. The van der Waals surface area contributed by atoms with Crippen LogP contribution in [0.2, 0.25) is 0 Å². The Morgan fingerprint density at radius 1 is 1.00 bits per heavy atom. The lowest BCUT2D eigenvalue weighted by Gasteiger charge is -2.06. The monoisotopic (exact) mass is 312 g/mol. The Morgan fingerprint density at radius 3 is 2.35 bits per heavy atom. The minimum absolute atomic E-state index is 0.673. The molecule has 3 rings (SSSR count). The number of imidazole rings is 1. The fourth-order valence-corrected chi connectivity index (χ4v) is 2.54. The minimum Gasteiger partial charge on any atom is -0.494 e. The highest BCUT2D eigenvalue weighted by atomic mass is 16.5. The van der Waals surface area contributed by atoms with Crippen molar-refractivity contribution in [1.82, 2.24) is 9.97 Å². The van der Waals surface area contributed by atoms with Gasteiger partial charge < -0.3 is 19.2 Å². The Labute approximate surface area is 135 Å². The van der Waals surface area contributed by atoms with Gasteiger partial charge in [0.05, 0.1) is 31.9 Å². The quantitative estimate of drug-likeness (QED) is 0.756. The molecule has 5 nitrogen and oxygen atoms in total. The minimum atomic E-state index is 0.673. The van der Waals surface area contributed by atoms with Crippen molar-refractivity contribution in [2.75, 3.05) is 20.8 Å². The molecule has 0 amide bonds. The number of nitrogens with one attached hydrogen (secondary N) is 1. The summed E-state index contributed by atoms with van der Waals surface area (Å²) >= 11 is 0. The first kappa shape index (κ1) is 15.2. The van der Waals surface area contributed by atoms with E-state index in [4.69, 9.17) is 14.2 Å². The zero-order chi connectivity index (χ0) is 16.2. The molecule has 0 unspecified atom stereocenters. The summed E-state index contributed by atoms with van der Waals surface area (Å²) in [5, 5.41) is 0. The van der Waals surface area contributed by atoms with Gasteiger partial charge in [-0.1, -0.05) is 12.1 Å². The number of aromatic nitrogens is 2. The second-order valence-corrected chi connectivity index (χ2v) is 5.16. The standard InChI is InChI=1S/C18H20N2O3/c1-4-23-13-7-5-12(6-8-13)9-18-19-14-10-16(21-2)17(22-3)11-15(14)20-18/h5-8,10-11H,4,9H2,1-3H3,(H,19,20). The molecule has 120 valence electrons. The van der Waals surface area contributed by atoms with Crippen molar-refractivity contribution in [2.45, 2.75) is 13.3 Å². The smallest absolute Gasteiger partial charge is 0.163 e. The molecule has 0 radical (unpaired) electrons. The van der Waals surface area contributed by atoms with E-state index in [1.54, 1.807) is 14.2 Å². The summed E-state index contributed by atoms with van der Waals surface area (Å²) in [7, 11) is 3.25. The van der Waals surface area contributed by atoms with Crippen molar-refractivity contribution in [3.8, 4) is 17.2 Å². The van der Waals surface area contributed by atoms with Crippen LogP contribution in [0.1, 0.15) is 18.3 Å². The number of benzene rings is 2. The van der Waals surface area contributed by atoms with Crippen LogP contribution in [0, 0.1) is 0 Å². The van der Waals surface area contributed by atoms with Crippen molar-refractivity contribution in [2.24, 2.45) is 0 Å². The zero-order valence-corrected chi connectivity index (χ0v) is 13.6. The molecule has 1 heterocycles. The van der Waals surface area contributed by atoms with Gasteiger partial charge in [0.25, 0.3) is 0 Å². The Kier molecular flexibility index (Phi) is 4.37. The molecule has 0 atom stereocenters. The van der Waals surface area contributed by atoms with Crippen LogP contribution in [0.3, 0.4) is 0 Å². The molecule has 5 heteroatoms. The average molecular weight is 312 g/mol. The van der Waals surface area contributed by atoms with Crippen LogP contribution >= 0.6 is 0 Å². The number of fused-ring (bicyclic) bond motifs is 1. The van der Waals surface area contributed by atoms with Gasteiger partial charge in [0.1, 0.15) is 11.6 Å². The number of ether oxygens (including phenoxy) is 3. The van der Waals surface area contributed by atoms with E-state index in [1.165, 1.54) is 5.56 Å². The number of aromatic amines is 1. The third kappa shape index (κ3) is 3.23. The summed E-state index contributed by atoms with van der Waals surface area (Å²) in [6.45, 7) is 2.65. The maximum Gasteiger partial charge on any atom is 0.163 e. The molecule has 0 fully saturated rings. The fourth-order valence-electron chi connectivity index (χ4n) is 2.54. The third-order valence-corrected chi connectivity index (χ3v) is 3.64. The zero-order valence-electron chi connectivity index (χ0n) is 13.6. The van der Waals surface area contributed by atoms with Crippen molar-refractivity contribution in [1.29, 1.82) is 0 Å². The highest BCUT2D eigenvalue weighted by Gasteiger charge is 2.10. The van der Waals surface area contributed by atoms with Gasteiger partial charge in [0.2, 0.25) is 0 Å². The van der Waals surface area contributed by atoms with E-state index in [9.17, 15) is 0 Å². The maximum atomic E-state index is 5.46. The van der Waals surface area contributed by atoms with Crippen molar-refractivity contribution >= 4 is 11.0 Å². The lowest BCUT2D eigenvalue weighted by atomic mass is 10.1. The Morgan fingerprint density at radius 2 is 1.70 bits per heavy atom. The van der Waals surface area contributed by atoms with E-state index in [0.717, 1.165) is 29.0 Å². The summed E-state index contributed by atoms with van der Waals surface area (Å²) in [6, 6.07) is 11.9. The number of H-pyrrole nitrogens is 1. The summed E-state index contributed by atoms with van der Waals surface area (Å²) < 4.78 is 16.1. The van der Waals surface area contributed by atoms with E-state index < -0.39 is 0 Å². The average Bonchev–Trinajstić information content (AvgIpc) is 2.96. The fraction of sp³-hybridized carbons (Fsp3) is 0.278. The molecule has 3 aromatic rings. The Bertz CT molecular complexity index is 753. The molecule has 1 aromatic heterocycles. The largest absolute Gasteiger partial charge is 0.494 e. The van der Waals surface area contributed by atoms with Gasteiger partial charge in [-0.3, -0.25) is 0 Å². The van der Waals surface area contributed by atoms with Crippen molar-refractivity contribution in [3.63, 3.8) is 0 Å². The van der Waals surface area contributed by atoms with Crippen LogP contribution in [0.25, 0.3) is 11.0 Å². The molecular weight excluding hydrogens is 292 g/mol. The van der Waals surface area contributed by atoms with Gasteiger partial charge >= 0.3 is 0 Å². The molecule has 0 saturated carbocycles. The summed E-state index contributed by atoms with van der Waals surface area (Å²) in [4.78, 5) is 7.96. The first-order valence-corrected chi connectivity index (χ1v) is 7.56. The predicted molar refractivity (Wildman–Crippen MR) is 89.6 cm³/mol. The van der Waals surface area contributed by atoms with Crippen LogP contribution in [-0.4, -0.2) is 30.8 Å². The highest BCUT2D eigenvalue weighted by Crippen LogP contribution is 2.31. The maximum absolute atomic E-state index is 5.46. The SMILES string of the molecule is CCOc1ccc(Cc2nc3cc(OC)c(OC)cc3[nH]2)cc1. The molecule has 0 saturated heterocycles. The van der Waals surface area contributed by atoms with Crippen molar-refractivity contribution in [3.05, 3.63) is 47.8 Å². The Hall–Kier alpha value is -2.69. The van der Waals surface area contributed by atoms with E-state index in [-0.39, 0.29) is 0 Å². The number of hydrogen-bond acceptors (Lipinski definition) is 4. The topological polar surface area (TPSA) is 56.4 Å². The van der Waals surface area contributed by atoms with Crippen molar-refractivity contribution < 1.29 is 14.2 Å². The lowest BCUT2D eigenvalue weighted by Crippen LogP contribution is -1.93. The van der Waals surface area contributed by atoms with E-state index >= 15 is 0 Å². The normalized spacial score (nSPS) is 10.7. The van der Waals surface area contributed by atoms with Gasteiger partial charge in [-0.2, -0.15) is 0 Å². The van der Waals surface area contributed by atoms with Crippen LogP contribution in [-0.2, 0) is 6.42 Å². The number of methoxy groups -OCH3 is 2. The Balaban J connectivity index is 1.85. The van der Waals surface area contributed by atoms with Crippen LogP contribution in [0.5, 0.6) is 17.2 Å². The second kappa shape index (κ2) is 6.60. The number of nitrogens with zero attached hydrogens (tertiary/aromatic N) is 1. The molecule has 0 spiro atoms. The summed E-state index contributed by atoms with van der Waals surface area (Å²) in [6.07, 6.45) is 0.728. The predicted octanol–water partition coefficient (Wildman–Crippen LogP) is 3.57. The van der Waals surface area contributed by atoms with Gasteiger partial charge in [-0.05, 0) is 24.6 Å². The van der Waals surface area contributed by atoms with Gasteiger partial charge in [0.15, 0.2) is 11.5 Å². The lowest BCUT2D eigenvalue weighted by molar-refractivity contribution is 0.340. The molecule has 1 N–H and O–H groups in total. The first-order chi connectivity index (χ1) is 11.2. The molecule has 2 aromatic carbocycles. The van der Waals surface area contributed by atoms with Crippen LogP contribution < -0.4 is 14.2 Å². The van der Waals surface area contributed by atoms with E-state index in [0.29, 0.717) is 18.1 Å². The highest BCUT2D eigenvalue weighted by molar-refractivity contribution is 5.79. The first-order valence-electron chi connectivity index (χ1n) is 7.56.